The highest BCUT2D eigenvalue weighted by molar-refractivity contribution is 7.13. The standard InChI is InChI=1S/C19H22N6OS/c1-13(2)17-14(18(26)24-9-7-20-8-10-24)12-22-25(17)19-21-6-5-15(23-19)16-4-3-11-27-16/h3-6,11-13,20H,7-10H2,1-2H3. The Bertz CT molecular complexity index is 928. The van der Waals surface area contributed by atoms with Crippen LogP contribution in [0, 0.1) is 0 Å². The third-order valence-corrected chi connectivity index (χ3v) is 5.49. The molecular formula is C19H22N6OS. The maximum absolute atomic E-state index is 13.0. The Hall–Kier alpha value is -2.58. The Kier molecular flexibility index (Phi) is 5.00. The van der Waals surface area contributed by atoms with Crippen molar-refractivity contribution in [1.82, 2.24) is 30.0 Å². The van der Waals surface area contributed by atoms with Gasteiger partial charge in [-0.05, 0) is 23.4 Å². The lowest BCUT2D eigenvalue weighted by atomic mass is 10.0. The SMILES string of the molecule is CC(C)c1c(C(=O)N2CCNCC2)cnn1-c1nccc(-c2cccs2)n1. The van der Waals surface area contributed by atoms with Crippen LogP contribution in [-0.2, 0) is 0 Å². The number of carbonyl (C=O) groups excluding carboxylic acids is 1. The normalized spacial score (nSPS) is 14.7. The molecule has 1 aliphatic heterocycles. The monoisotopic (exact) mass is 382 g/mol. The summed E-state index contributed by atoms with van der Waals surface area (Å²) >= 11 is 1.63. The fourth-order valence-electron chi connectivity index (χ4n) is 3.29. The number of carbonyl (C=O) groups is 1. The van der Waals surface area contributed by atoms with Crippen molar-refractivity contribution in [2.45, 2.75) is 19.8 Å². The molecule has 0 saturated carbocycles. The molecule has 0 aromatic carbocycles. The number of amides is 1. The average Bonchev–Trinajstić information content (AvgIpc) is 3.38. The van der Waals surface area contributed by atoms with Crippen LogP contribution in [0.5, 0.6) is 0 Å². The molecule has 3 aromatic rings. The molecule has 0 radical (unpaired) electrons. The first-order valence-corrected chi connectivity index (χ1v) is 9.98. The van der Waals surface area contributed by atoms with E-state index < -0.39 is 0 Å². The number of aromatic nitrogens is 4. The van der Waals surface area contributed by atoms with E-state index in [-0.39, 0.29) is 11.8 Å². The lowest BCUT2D eigenvalue weighted by molar-refractivity contribution is 0.0734. The molecule has 1 amide bonds. The highest BCUT2D eigenvalue weighted by Gasteiger charge is 2.26. The van der Waals surface area contributed by atoms with Crippen LogP contribution in [-0.4, -0.2) is 56.7 Å². The van der Waals surface area contributed by atoms with Crippen molar-refractivity contribution in [3.63, 3.8) is 0 Å². The minimum atomic E-state index is 0.0286. The zero-order valence-electron chi connectivity index (χ0n) is 15.4. The number of nitrogens with zero attached hydrogens (tertiary/aromatic N) is 5. The predicted octanol–water partition coefficient (Wildman–Crippen LogP) is 2.56. The van der Waals surface area contributed by atoms with Crippen LogP contribution in [0.1, 0.15) is 35.8 Å². The third-order valence-electron chi connectivity index (χ3n) is 4.59. The van der Waals surface area contributed by atoms with E-state index in [4.69, 9.17) is 0 Å². The largest absolute Gasteiger partial charge is 0.336 e. The van der Waals surface area contributed by atoms with E-state index in [0.717, 1.165) is 29.4 Å². The molecule has 140 valence electrons. The van der Waals surface area contributed by atoms with Gasteiger partial charge in [-0.1, -0.05) is 19.9 Å². The van der Waals surface area contributed by atoms with Crippen LogP contribution >= 0.6 is 11.3 Å². The Morgan fingerprint density at radius 1 is 1.26 bits per heavy atom. The first-order chi connectivity index (χ1) is 13.1. The van der Waals surface area contributed by atoms with Crippen LogP contribution in [0.2, 0.25) is 0 Å². The molecule has 7 nitrogen and oxygen atoms in total. The second-order valence-corrected chi connectivity index (χ2v) is 7.72. The summed E-state index contributed by atoms with van der Waals surface area (Å²) in [7, 11) is 0. The molecule has 8 heteroatoms. The van der Waals surface area contributed by atoms with Crippen molar-refractivity contribution in [2.75, 3.05) is 26.2 Å². The van der Waals surface area contributed by atoms with Gasteiger partial charge in [-0.3, -0.25) is 4.79 Å². The minimum Gasteiger partial charge on any atom is -0.336 e. The predicted molar refractivity (Wildman–Crippen MR) is 105 cm³/mol. The lowest BCUT2D eigenvalue weighted by Gasteiger charge is -2.27. The molecule has 0 bridgehead atoms. The van der Waals surface area contributed by atoms with E-state index in [1.54, 1.807) is 28.4 Å². The van der Waals surface area contributed by atoms with Crippen molar-refractivity contribution in [3.05, 3.63) is 47.2 Å². The van der Waals surface area contributed by atoms with Gasteiger partial charge in [0.1, 0.15) is 0 Å². The molecule has 4 heterocycles. The maximum Gasteiger partial charge on any atom is 0.257 e. The first-order valence-electron chi connectivity index (χ1n) is 9.10. The minimum absolute atomic E-state index is 0.0286. The maximum atomic E-state index is 13.0. The summed E-state index contributed by atoms with van der Waals surface area (Å²) in [4.78, 5) is 25.1. The van der Waals surface area contributed by atoms with Crippen LogP contribution in [0.3, 0.4) is 0 Å². The summed E-state index contributed by atoms with van der Waals surface area (Å²) in [5.74, 6) is 0.633. The number of piperazine rings is 1. The Morgan fingerprint density at radius 3 is 2.78 bits per heavy atom. The van der Waals surface area contributed by atoms with Crippen molar-refractivity contribution < 1.29 is 4.79 Å². The second kappa shape index (κ2) is 7.58. The van der Waals surface area contributed by atoms with E-state index in [1.165, 1.54) is 0 Å². The van der Waals surface area contributed by atoms with Crippen LogP contribution in [0.4, 0.5) is 0 Å². The second-order valence-electron chi connectivity index (χ2n) is 6.77. The lowest BCUT2D eigenvalue weighted by Crippen LogP contribution is -2.46. The quantitative estimate of drug-likeness (QED) is 0.750. The molecule has 1 fully saturated rings. The number of rotatable bonds is 4. The van der Waals surface area contributed by atoms with Crippen LogP contribution < -0.4 is 5.32 Å². The van der Waals surface area contributed by atoms with E-state index in [9.17, 15) is 4.79 Å². The summed E-state index contributed by atoms with van der Waals surface area (Å²) in [6.07, 6.45) is 3.39. The molecule has 0 aliphatic carbocycles. The van der Waals surface area contributed by atoms with Gasteiger partial charge in [0, 0.05) is 32.4 Å². The summed E-state index contributed by atoms with van der Waals surface area (Å²) in [5.41, 5.74) is 2.34. The van der Waals surface area contributed by atoms with Gasteiger partial charge in [-0.2, -0.15) is 5.10 Å². The molecule has 1 N–H and O–H groups in total. The molecule has 0 unspecified atom stereocenters. The molecule has 0 atom stereocenters. The van der Waals surface area contributed by atoms with Crippen molar-refractivity contribution in [2.24, 2.45) is 0 Å². The molecule has 0 spiro atoms. The zero-order valence-corrected chi connectivity index (χ0v) is 16.2. The van der Waals surface area contributed by atoms with E-state index in [2.05, 4.69) is 34.2 Å². The van der Waals surface area contributed by atoms with Gasteiger partial charge in [0.05, 0.1) is 28.0 Å². The van der Waals surface area contributed by atoms with Gasteiger partial charge in [0.2, 0.25) is 0 Å². The van der Waals surface area contributed by atoms with Crippen LogP contribution in [0.15, 0.2) is 36.0 Å². The van der Waals surface area contributed by atoms with Gasteiger partial charge < -0.3 is 10.2 Å². The van der Waals surface area contributed by atoms with Gasteiger partial charge in [0.25, 0.3) is 11.9 Å². The number of thiophene rings is 1. The fourth-order valence-corrected chi connectivity index (χ4v) is 3.98. The Labute approximate surface area is 162 Å². The molecule has 3 aromatic heterocycles. The number of hydrogen-bond donors (Lipinski definition) is 1. The number of hydrogen-bond acceptors (Lipinski definition) is 6. The highest BCUT2D eigenvalue weighted by Crippen LogP contribution is 2.26. The van der Waals surface area contributed by atoms with Gasteiger partial charge >= 0.3 is 0 Å². The molecule has 4 rings (SSSR count). The van der Waals surface area contributed by atoms with Crippen molar-refractivity contribution in [3.8, 4) is 16.5 Å². The average molecular weight is 382 g/mol. The molecule has 1 aliphatic rings. The van der Waals surface area contributed by atoms with Crippen molar-refractivity contribution >= 4 is 17.2 Å². The molecule has 1 saturated heterocycles. The van der Waals surface area contributed by atoms with E-state index >= 15 is 0 Å². The van der Waals surface area contributed by atoms with Gasteiger partial charge in [0.15, 0.2) is 0 Å². The fraction of sp³-hybridized carbons (Fsp3) is 0.368. The Morgan fingerprint density at radius 2 is 2.07 bits per heavy atom. The smallest absolute Gasteiger partial charge is 0.257 e. The van der Waals surface area contributed by atoms with Crippen molar-refractivity contribution in [1.29, 1.82) is 0 Å². The third kappa shape index (κ3) is 3.50. The van der Waals surface area contributed by atoms with Gasteiger partial charge in [-0.25, -0.2) is 14.6 Å². The molecular weight excluding hydrogens is 360 g/mol. The van der Waals surface area contributed by atoms with E-state index in [1.807, 2.05) is 28.5 Å². The number of nitrogens with one attached hydrogen (secondary N) is 1. The first kappa shape index (κ1) is 17.8. The Balaban J connectivity index is 1.73. The highest BCUT2D eigenvalue weighted by atomic mass is 32.1. The van der Waals surface area contributed by atoms with Gasteiger partial charge in [-0.15, -0.1) is 11.3 Å². The summed E-state index contributed by atoms with van der Waals surface area (Å²) in [6, 6.07) is 5.92. The summed E-state index contributed by atoms with van der Waals surface area (Å²) < 4.78 is 1.71. The van der Waals surface area contributed by atoms with E-state index in [0.29, 0.717) is 24.6 Å². The van der Waals surface area contributed by atoms with Crippen LogP contribution in [0.25, 0.3) is 16.5 Å². The summed E-state index contributed by atoms with van der Waals surface area (Å²) in [6.45, 7) is 7.19. The topological polar surface area (TPSA) is 75.9 Å². The summed E-state index contributed by atoms with van der Waals surface area (Å²) in [5, 5.41) is 9.78. The molecule has 27 heavy (non-hydrogen) atoms. The zero-order chi connectivity index (χ0) is 18.8.